The predicted molar refractivity (Wildman–Crippen MR) is 368 cm³/mol. The van der Waals surface area contributed by atoms with Gasteiger partial charge in [-0.2, -0.15) is 0 Å². The third kappa shape index (κ3) is 66.5. The topological polar surface area (TPSA) is 237 Å². The van der Waals surface area contributed by atoms with E-state index < -0.39 is 97.5 Å². The Hall–Kier alpha value is -1.94. The van der Waals surface area contributed by atoms with Crippen molar-refractivity contribution in [2.75, 3.05) is 39.6 Å². The Labute approximate surface area is 556 Å². The molecule has 17 nitrogen and oxygen atoms in total. The number of carbonyl (C=O) groups excluding carboxylic acids is 4. The first kappa shape index (κ1) is 89.1. The first-order valence-electron chi connectivity index (χ1n) is 37.6. The van der Waals surface area contributed by atoms with E-state index in [1.807, 2.05) is 0 Å². The van der Waals surface area contributed by atoms with Crippen LogP contribution >= 0.6 is 15.6 Å². The third-order valence-corrected chi connectivity index (χ3v) is 18.7. The minimum atomic E-state index is -4.95. The molecule has 0 heterocycles. The fourth-order valence-electron chi connectivity index (χ4n) is 11.0. The maximum absolute atomic E-state index is 13.0. The Morgan fingerprint density at radius 1 is 0.297 bits per heavy atom. The Kier molecular flexibility index (Phi) is 64.0. The number of hydrogen-bond acceptors (Lipinski definition) is 15. The predicted octanol–water partition coefficient (Wildman–Crippen LogP) is 20.9. The molecule has 0 aromatic heterocycles. The van der Waals surface area contributed by atoms with Gasteiger partial charge < -0.3 is 33.8 Å². The summed E-state index contributed by atoms with van der Waals surface area (Å²) in [6, 6.07) is 0. The number of aliphatic hydroxyl groups excluding tert-OH is 1. The van der Waals surface area contributed by atoms with Gasteiger partial charge in [-0.15, -0.1) is 0 Å². The molecule has 0 aliphatic carbocycles. The zero-order chi connectivity index (χ0) is 67.0. The number of esters is 4. The molecule has 0 rings (SSSR count). The summed E-state index contributed by atoms with van der Waals surface area (Å²) < 4.78 is 68.2. The average molecular weight is 1340 g/mol. The van der Waals surface area contributed by atoms with Gasteiger partial charge in [-0.1, -0.05) is 324 Å². The number of carbonyl (C=O) groups is 4. The Bertz CT molecular complexity index is 1750. The number of phosphoric ester groups is 2. The van der Waals surface area contributed by atoms with Gasteiger partial charge in [-0.05, 0) is 31.6 Å². The normalized spacial score (nSPS) is 14.0. The van der Waals surface area contributed by atoms with Crippen LogP contribution in [0.15, 0.2) is 0 Å². The molecule has 0 saturated heterocycles. The summed E-state index contributed by atoms with van der Waals surface area (Å²) in [6.07, 6.45) is 52.9. The highest BCUT2D eigenvalue weighted by atomic mass is 31.2. The highest BCUT2D eigenvalue weighted by Gasteiger charge is 2.30. The second-order valence-electron chi connectivity index (χ2n) is 26.5. The van der Waals surface area contributed by atoms with Crippen molar-refractivity contribution in [2.45, 2.75) is 393 Å². The number of hydrogen-bond donors (Lipinski definition) is 3. The zero-order valence-corrected chi connectivity index (χ0v) is 60.8. The van der Waals surface area contributed by atoms with E-state index in [1.54, 1.807) is 0 Å². The Morgan fingerprint density at radius 3 is 0.747 bits per heavy atom. The van der Waals surface area contributed by atoms with Gasteiger partial charge >= 0.3 is 39.5 Å². The van der Waals surface area contributed by atoms with Gasteiger partial charge in [0, 0.05) is 25.7 Å². The number of unbranched alkanes of at least 4 members (excludes halogenated alkanes) is 44. The van der Waals surface area contributed by atoms with E-state index in [1.165, 1.54) is 186 Å². The van der Waals surface area contributed by atoms with Crippen LogP contribution in [-0.4, -0.2) is 96.7 Å². The number of rotatable bonds is 72. The largest absolute Gasteiger partial charge is 0.472 e. The van der Waals surface area contributed by atoms with E-state index in [2.05, 4.69) is 34.6 Å². The Balaban J connectivity index is 5.17. The fourth-order valence-corrected chi connectivity index (χ4v) is 12.6. The molecule has 3 N–H and O–H groups in total. The van der Waals surface area contributed by atoms with E-state index in [4.69, 9.17) is 37.0 Å². The molecule has 0 amide bonds. The van der Waals surface area contributed by atoms with Crippen LogP contribution < -0.4 is 0 Å². The van der Waals surface area contributed by atoms with Gasteiger partial charge in [0.1, 0.15) is 19.3 Å². The molecule has 2 unspecified atom stereocenters. The first-order valence-corrected chi connectivity index (χ1v) is 40.6. The van der Waals surface area contributed by atoms with Crippen molar-refractivity contribution in [3.05, 3.63) is 0 Å². The van der Waals surface area contributed by atoms with Crippen molar-refractivity contribution >= 4 is 39.5 Å². The standard InChI is InChI=1S/C72H140O17P2/c1-6-9-12-15-18-20-21-22-23-24-27-30-33-37-41-46-51-56-70(75)83-62-68(89-72(77)58-53-48-43-38-34-31-28-25-26-29-32-36-40-44-49-54-65(4)5)64-87-91(80,81)85-60-66(73)59-84-90(78,79)86-63-67(61-82-69(74)55-50-45-39-17-14-11-8-3)88-71(76)57-52-47-42-35-19-16-13-10-7-2/h65-68,73H,6-64H2,1-5H3,(H,78,79)(H,80,81)/t66-,67+,68+/m0/s1. The highest BCUT2D eigenvalue weighted by molar-refractivity contribution is 7.47. The van der Waals surface area contributed by atoms with E-state index in [0.717, 1.165) is 109 Å². The molecule has 19 heteroatoms. The maximum Gasteiger partial charge on any atom is 0.472 e. The van der Waals surface area contributed by atoms with Crippen LogP contribution in [-0.2, 0) is 65.4 Å². The van der Waals surface area contributed by atoms with E-state index in [0.29, 0.717) is 25.7 Å². The van der Waals surface area contributed by atoms with Crippen LogP contribution in [0.2, 0.25) is 0 Å². The molecular formula is C72H140O17P2. The van der Waals surface area contributed by atoms with Crippen molar-refractivity contribution in [1.29, 1.82) is 0 Å². The summed E-state index contributed by atoms with van der Waals surface area (Å²) in [5, 5.41) is 10.6. The van der Waals surface area contributed by atoms with E-state index in [-0.39, 0.29) is 25.7 Å². The summed E-state index contributed by atoms with van der Waals surface area (Å²) in [6.45, 7) is 7.23. The molecule has 0 aliphatic heterocycles. The number of phosphoric acid groups is 2. The van der Waals surface area contributed by atoms with E-state index >= 15 is 0 Å². The zero-order valence-electron chi connectivity index (χ0n) is 59.0. The lowest BCUT2D eigenvalue weighted by Gasteiger charge is -2.21. The van der Waals surface area contributed by atoms with Gasteiger partial charge in [0.25, 0.3) is 0 Å². The third-order valence-electron chi connectivity index (χ3n) is 16.8. The number of ether oxygens (including phenoxy) is 4. The van der Waals surface area contributed by atoms with Crippen LogP contribution in [0.25, 0.3) is 0 Å². The van der Waals surface area contributed by atoms with Gasteiger partial charge in [-0.3, -0.25) is 37.3 Å². The molecular weight excluding hydrogens is 1200 g/mol. The van der Waals surface area contributed by atoms with E-state index in [9.17, 15) is 43.2 Å². The number of aliphatic hydroxyl groups is 1. The quantitative estimate of drug-likeness (QED) is 0.0222. The molecule has 0 aliphatic rings. The summed E-state index contributed by atoms with van der Waals surface area (Å²) >= 11 is 0. The van der Waals surface area contributed by atoms with Crippen molar-refractivity contribution < 1.29 is 80.2 Å². The monoisotopic (exact) mass is 1340 g/mol. The summed E-state index contributed by atoms with van der Waals surface area (Å²) in [7, 11) is -9.89. The molecule has 91 heavy (non-hydrogen) atoms. The fraction of sp³-hybridized carbons (Fsp3) is 0.944. The van der Waals surface area contributed by atoms with Crippen molar-refractivity contribution in [1.82, 2.24) is 0 Å². The van der Waals surface area contributed by atoms with Crippen LogP contribution in [0.1, 0.15) is 375 Å². The van der Waals surface area contributed by atoms with Gasteiger partial charge in [-0.25, -0.2) is 9.13 Å². The molecule has 0 aromatic rings. The Morgan fingerprint density at radius 2 is 0.505 bits per heavy atom. The second kappa shape index (κ2) is 65.4. The minimum absolute atomic E-state index is 0.106. The minimum Gasteiger partial charge on any atom is -0.462 e. The average Bonchev–Trinajstić information content (AvgIpc) is 3.63. The van der Waals surface area contributed by atoms with Gasteiger partial charge in [0.05, 0.1) is 26.4 Å². The lowest BCUT2D eigenvalue weighted by atomic mass is 10.0. The second-order valence-corrected chi connectivity index (χ2v) is 29.4. The summed E-state index contributed by atoms with van der Waals surface area (Å²) in [4.78, 5) is 72.4. The highest BCUT2D eigenvalue weighted by Crippen LogP contribution is 2.45. The molecule has 540 valence electrons. The van der Waals surface area contributed by atoms with Crippen LogP contribution in [0.4, 0.5) is 0 Å². The van der Waals surface area contributed by atoms with Crippen molar-refractivity contribution in [3.8, 4) is 0 Å². The van der Waals surface area contributed by atoms with Crippen LogP contribution in [0.3, 0.4) is 0 Å². The summed E-state index contributed by atoms with van der Waals surface area (Å²) in [5.74, 6) is -1.32. The SMILES string of the molecule is CCCCCCCCCCCCCCCCCCCC(=O)OC[C@H](COP(=O)(O)OC[C@@H](O)COP(=O)(O)OC[C@@H](COC(=O)CCCCCCCCC)OC(=O)CCCCCCCCCCC)OC(=O)CCCCCCCCCCCCCCCCCC(C)C. The van der Waals surface area contributed by atoms with Crippen molar-refractivity contribution in [2.24, 2.45) is 5.92 Å². The molecule has 0 radical (unpaired) electrons. The first-order chi connectivity index (χ1) is 44.0. The van der Waals surface area contributed by atoms with Crippen LogP contribution in [0.5, 0.6) is 0 Å². The van der Waals surface area contributed by atoms with Crippen molar-refractivity contribution in [3.63, 3.8) is 0 Å². The molecule has 0 spiro atoms. The smallest absolute Gasteiger partial charge is 0.462 e. The molecule has 0 aromatic carbocycles. The lowest BCUT2D eigenvalue weighted by Crippen LogP contribution is -2.30. The van der Waals surface area contributed by atoms with Crippen LogP contribution in [0, 0.1) is 5.92 Å². The van der Waals surface area contributed by atoms with Gasteiger partial charge in [0.15, 0.2) is 12.2 Å². The van der Waals surface area contributed by atoms with Gasteiger partial charge in [0.2, 0.25) is 0 Å². The molecule has 0 bridgehead atoms. The lowest BCUT2D eigenvalue weighted by molar-refractivity contribution is -0.161. The molecule has 0 saturated carbocycles. The molecule has 5 atom stereocenters. The maximum atomic E-state index is 13.0. The molecule has 0 fully saturated rings. The summed E-state index contributed by atoms with van der Waals surface area (Å²) in [5.41, 5.74) is 0.